The first kappa shape index (κ1) is 11.8. The standard InChI is InChI=1S/C15H22N2O/c1-18-14-4-2-3-13-12(7-10-17-15(13)14)11-5-8-16-9-6-11/h2-4,11-12,16-17H,5-10H2,1H3. The summed E-state index contributed by atoms with van der Waals surface area (Å²) in [6.45, 7) is 3.42. The van der Waals surface area contributed by atoms with Gasteiger partial charge >= 0.3 is 0 Å². The second kappa shape index (κ2) is 5.19. The molecule has 1 saturated heterocycles. The Kier molecular flexibility index (Phi) is 3.41. The molecule has 3 nitrogen and oxygen atoms in total. The Hall–Kier alpha value is -1.22. The molecule has 2 aliphatic heterocycles. The van der Waals surface area contributed by atoms with E-state index in [0.717, 1.165) is 18.2 Å². The molecule has 2 heterocycles. The van der Waals surface area contributed by atoms with E-state index in [1.54, 1.807) is 7.11 Å². The largest absolute Gasteiger partial charge is 0.495 e. The minimum Gasteiger partial charge on any atom is -0.495 e. The highest BCUT2D eigenvalue weighted by Gasteiger charge is 2.29. The molecule has 1 unspecified atom stereocenters. The first-order chi connectivity index (χ1) is 8.90. The normalized spacial score (nSPS) is 24.2. The van der Waals surface area contributed by atoms with Gasteiger partial charge in [0.25, 0.3) is 0 Å². The minimum absolute atomic E-state index is 0.707. The molecule has 0 amide bonds. The fraction of sp³-hybridized carbons (Fsp3) is 0.600. The van der Waals surface area contributed by atoms with Crippen LogP contribution in [0, 0.1) is 5.92 Å². The molecule has 0 saturated carbocycles. The number of para-hydroxylation sites is 1. The smallest absolute Gasteiger partial charge is 0.142 e. The molecule has 1 fully saturated rings. The third kappa shape index (κ3) is 2.07. The number of methoxy groups -OCH3 is 1. The molecule has 1 aromatic rings. The molecule has 98 valence electrons. The minimum atomic E-state index is 0.707. The van der Waals surface area contributed by atoms with Crippen LogP contribution in [-0.4, -0.2) is 26.7 Å². The maximum absolute atomic E-state index is 5.47. The molecular weight excluding hydrogens is 224 g/mol. The van der Waals surface area contributed by atoms with Crippen molar-refractivity contribution in [3.63, 3.8) is 0 Å². The number of anilines is 1. The molecule has 0 aromatic heterocycles. The third-order valence-corrected chi connectivity index (χ3v) is 4.39. The number of benzene rings is 1. The van der Waals surface area contributed by atoms with E-state index in [0.29, 0.717) is 5.92 Å². The Morgan fingerprint density at radius 2 is 1.94 bits per heavy atom. The van der Waals surface area contributed by atoms with Crippen molar-refractivity contribution in [1.29, 1.82) is 0 Å². The number of hydrogen-bond acceptors (Lipinski definition) is 3. The summed E-state index contributed by atoms with van der Waals surface area (Å²) in [7, 11) is 1.76. The molecule has 0 radical (unpaired) electrons. The summed E-state index contributed by atoms with van der Waals surface area (Å²) in [4.78, 5) is 0. The number of nitrogens with one attached hydrogen (secondary N) is 2. The molecule has 2 aliphatic rings. The van der Waals surface area contributed by atoms with Crippen LogP contribution in [0.1, 0.15) is 30.7 Å². The third-order valence-electron chi connectivity index (χ3n) is 4.39. The molecule has 2 N–H and O–H groups in total. The van der Waals surface area contributed by atoms with Crippen molar-refractivity contribution in [3.8, 4) is 5.75 Å². The van der Waals surface area contributed by atoms with Gasteiger partial charge in [0, 0.05) is 6.54 Å². The zero-order valence-electron chi connectivity index (χ0n) is 11.0. The van der Waals surface area contributed by atoms with Crippen LogP contribution in [0.25, 0.3) is 0 Å². The molecular formula is C15H22N2O. The van der Waals surface area contributed by atoms with Gasteiger partial charge in [-0.05, 0) is 55.8 Å². The molecule has 1 aromatic carbocycles. The summed E-state index contributed by atoms with van der Waals surface area (Å²) >= 11 is 0. The highest BCUT2D eigenvalue weighted by molar-refractivity contribution is 5.64. The molecule has 3 heteroatoms. The lowest BCUT2D eigenvalue weighted by Gasteiger charge is -2.35. The Morgan fingerprint density at radius 1 is 1.11 bits per heavy atom. The van der Waals surface area contributed by atoms with E-state index >= 15 is 0 Å². The average Bonchev–Trinajstić information content (AvgIpc) is 2.47. The monoisotopic (exact) mass is 246 g/mol. The predicted molar refractivity (Wildman–Crippen MR) is 74.4 cm³/mol. The molecule has 0 aliphatic carbocycles. The number of fused-ring (bicyclic) bond motifs is 1. The van der Waals surface area contributed by atoms with Crippen LogP contribution in [0.15, 0.2) is 18.2 Å². The quantitative estimate of drug-likeness (QED) is 0.841. The van der Waals surface area contributed by atoms with E-state index in [2.05, 4.69) is 28.8 Å². The number of hydrogen-bond donors (Lipinski definition) is 2. The van der Waals surface area contributed by atoms with E-state index in [9.17, 15) is 0 Å². The van der Waals surface area contributed by atoms with Crippen LogP contribution in [0.2, 0.25) is 0 Å². The van der Waals surface area contributed by atoms with Gasteiger partial charge < -0.3 is 15.4 Å². The topological polar surface area (TPSA) is 33.3 Å². The van der Waals surface area contributed by atoms with E-state index in [1.165, 1.54) is 43.6 Å². The van der Waals surface area contributed by atoms with Crippen LogP contribution in [0.3, 0.4) is 0 Å². The van der Waals surface area contributed by atoms with Crippen LogP contribution in [0.5, 0.6) is 5.75 Å². The van der Waals surface area contributed by atoms with Crippen molar-refractivity contribution in [1.82, 2.24) is 5.32 Å². The van der Waals surface area contributed by atoms with Gasteiger partial charge in [0.15, 0.2) is 0 Å². The van der Waals surface area contributed by atoms with Gasteiger partial charge in [0.1, 0.15) is 5.75 Å². The van der Waals surface area contributed by atoms with Crippen molar-refractivity contribution in [3.05, 3.63) is 23.8 Å². The summed E-state index contributed by atoms with van der Waals surface area (Å²) in [6.07, 6.45) is 3.87. The Morgan fingerprint density at radius 3 is 2.72 bits per heavy atom. The average molecular weight is 246 g/mol. The fourth-order valence-electron chi connectivity index (χ4n) is 3.46. The maximum Gasteiger partial charge on any atom is 0.142 e. The summed E-state index contributed by atoms with van der Waals surface area (Å²) in [5, 5.41) is 6.97. The molecule has 0 spiro atoms. The second-order valence-electron chi connectivity index (χ2n) is 5.33. The predicted octanol–water partition coefficient (Wildman–Crippen LogP) is 2.59. The zero-order chi connectivity index (χ0) is 12.4. The van der Waals surface area contributed by atoms with E-state index in [4.69, 9.17) is 4.74 Å². The van der Waals surface area contributed by atoms with Gasteiger partial charge in [-0.2, -0.15) is 0 Å². The van der Waals surface area contributed by atoms with E-state index < -0.39 is 0 Å². The fourth-order valence-corrected chi connectivity index (χ4v) is 3.46. The molecule has 0 bridgehead atoms. The van der Waals surface area contributed by atoms with Crippen molar-refractivity contribution < 1.29 is 4.74 Å². The molecule has 3 rings (SSSR count). The molecule has 1 atom stereocenters. The lowest BCUT2D eigenvalue weighted by Crippen LogP contribution is -2.33. The highest BCUT2D eigenvalue weighted by atomic mass is 16.5. The lowest BCUT2D eigenvalue weighted by atomic mass is 9.76. The number of piperidine rings is 1. The lowest BCUT2D eigenvalue weighted by molar-refractivity contribution is 0.306. The van der Waals surface area contributed by atoms with E-state index in [-0.39, 0.29) is 0 Å². The van der Waals surface area contributed by atoms with Gasteiger partial charge in [-0.25, -0.2) is 0 Å². The summed E-state index contributed by atoms with van der Waals surface area (Å²) < 4.78 is 5.47. The van der Waals surface area contributed by atoms with Crippen LogP contribution < -0.4 is 15.4 Å². The van der Waals surface area contributed by atoms with Crippen LogP contribution >= 0.6 is 0 Å². The van der Waals surface area contributed by atoms with Crippen LogP contribution in [0.4, 0.5) is 5.69 Å². The summed E-state index contributed by atoms with van der Waals surface area (Å²) in [6, 6.07) is 6.45. The van der Waals surface area contributed by atoms with Crippen molar-refractivity contribution in [2.24, 2.45) is 5.92 Å². The SMILES string of the molecule is COc1cccc2c1NCCC2C1CCNCC1. The van der Waals surface area contributed by atoms with Gasteiger partial charge in [-0.15, -0.1) is 0 Å². The van der Waals surface area contributed by atoms with Crippen molar-refractivity contribution >= 4 is 5.69 Å². The number of rotatable bonds is 2. The summed E-state index contributed by atoms with van der Waals surface area (Å²) in [5.74, 6) is 2.53. The van der Waals surface area contributed by atoms with Crippen molar-refractivity contribution in [2.45, 2.75) is 25.2 Å². The first-order valence-electron chi connectivity index (χ1n) is 7.01. The Labute approximate surface area is 109 Å². The van der Waals surface area contributed by atoms with Crippen LogP contribution in [-0.2, 0) is 0 Å². The summed E-state index contributed by atoms with van der Waals surface area (Å²) in [5.41, 5.74) is 2.70. The number of ether oxygens (including phenoxy) is 1. The molecule has 18 heavy (non-hydrogen) atoms. The van der Waals surface area contributed by atoms with Gasteiger partial charge in [0.2, 0.25) is 0 Å². The highest BCUT2D eigenvalue weighted by Crippen LogP contribution is 2.43. The second-order valence-corrected chi connectivity index (χ2v) is 5.33. The zero-order valence-corrected chi connectivity index (χ0v) is 11.0. The first-order valence-corrected chi connectivity index (χ1v) is 7.01. The maximum atomic E-state index is 5.47. The van der Waals surface area contributed by atoms with Gasteiger partial charge in [-0.1, -0.05) is 12.1 Å². The van der Waals surface area contributed by atoms with Crippen molar-refractivity contribution in [2.75, 3.05) is 32.1 Å². The Balaban J connectivity index is 1.91. The Bertz CT molecular complexity index is 413. The van der Waals surface area contributed by atoms with Gasteiger partial charge in [-0.3, -0.25) is 0 Å². The van der Waals surface area contributed by atoms with E-state index in [1.807, 2.05) is 0 Å². The van der Waals surface area contributed by atoms with Gasteiger partial charge in [0.05, 0.1) is 12.8 Å².